The molecule has 4 rings (SSSR count). The van der Waals surface area contributed by atoms with Crippen molar-refractivity contribution in [3.05, 3.63) is 90.5 Å². The molecule has 1 aliphatic heterocycles. The molecule has 8 heteroatoms. The average molecular weight is 464 g/mol. The number of para-hydroxylation sites is 2. The first-order valence-corrected chi connectivity index (χ1v) is 12.1. The molecule has 1 aliphatic rings. The highest BCUT2D eigenvalue weighted by molar-refractivity contribution is 7.89. The minimum Gasteiger partial charge on any atom is -0.324 e. The van der Waals surface area contributed by atoms with Gasteiger partial charge in [0.1, 0.15) is 0 Å². The maximum Gasteiger partial charge on any atom is 0.243 e. The predicted molar refractivity (Wildman–Crippen MR) is 127 cm³/mol. The number of fused-ring (bicyclic) bond motifs is 1. The summed E-state index contributed by atoms with van der Waals surface area (Å²) in [5, 5.41) is 2.82. The minimum atomic E-state index is -3.94. The topological polar surface area (TPSA) is 86.8 Å². The third-order valence-electron chi connectivity index (χ3n) is 5.52. The molecule has 1 N–H and O–H groups in total. The van der Waals surface area contributed by atoms with Gasteiger partial charge in [0.2, 0.25) is 21.8 Å². The summed E-state index contributed by atoms with van der Waals surface area (Å²) in [5.41, 5.74) is 1.85. The molecular weight excluding hydrogens is 438 g/mol. The number of rotatable bonds is 6. The lowest BCUT2D eigenvalue weighted by Gasteiger charge is -2.30. The molecule has 0 saturated carbocycles. The van der Waals surface area contributed by atoms with Crippen LogP contribution in [0.5, 0.6) is 0 Å². The van der Waals surface area contributed by atoms with Crippen LogP contribution in [0, 0.1) is 0 Å². The molecule has 3 aromatic rings. The summed E-state index contributed by atoms with van der Waals surface area (Å²) in [5.74, 6) is -0.592. The molecule has 0 fully saturated rings. The third-order valence-corrected chi connectivity index (χ3v) is 7.33. The summed E-state index contributed by atoms with van der Waals surface area (Å²) in [6, 6.07) is 23.9. The van der Waals surface area contributed by atoms with Crippen LogP contribution in [0.4, 0.5) is 11.4 Å². The molecule has 0 aliphatic carbocycles. The summed E-state index contributed by atoms with van der Waals surface area (Å²) in [7, 11) is -3.94. The van der Waals surface area contributed by atoms with Crippen LogP contribution in [0.25, 0.3) is 0 Å². The SMILES string of the molecule is C[C@H]1CC(=O)Nc2ccccc2N1C(=O)CN(Cc1ccccc1)S(=O)(=O)c1ccccc1. The number of amides is 2. The zero-order valence-electron chi connectivity index (χ0n) is 18.2. The zero-order chi connectivity index (χ0) is 23.4. The van der Waals surface area contributed by atoms with Gasteiger partial charge in [-0.2, -0.15) is 4.31 Å². The van der Waals surface area contributed by atoms with E-state index < -0.39 is 22.0 Å². The normalized spacial score (nSPS) is 16.1. The quantitative estimate of drug-likeness (QED) is 0.605. The average Bonchev–Trinajstić information content (AvgIpc) is 2.94. The highest BCUT2D eigenvalue weighted by Gasteiger charge is 2.33. The molecule has 0 unspecified atom stereocenters. The molecule has 2 amide bonds. The van der Waals surface area contributed by atoms with Crippen LogP contribution >= 0.6 is 0 Å². The van der Waals surface area contributed by atoms with Gasteiger partial charge in [-0.15, -0.1) is 0 Å². The van der Waals surface area contributed by atoms with Gasteiger partial charge >= 0.3 is 0 Å². The maximum atomic E-state index is 13.6. The molecule has 1 heterocycles. The lowest BCUT2D eigenvalue weighted by atomic mass is 10.1. The molecule has 0 bridgehead atoms. The second-order valence-corrected chi connectivity index (χ2v) is 9.89. The number of hydrogen-bond donors (Lipinski definition) is 1. The van der Waals surface area contributed by atoms with E-state index >= 15 is 0 Å². The lowest BCUT2D eigenvalue weighted by molar-refractivity contribution is -0.119. The number of anilines is 2. The molecule has 3 aromatic carbocycles. The Morgan fingerprint density at radius 2 is 1.58 bits per heavy atom. The Kier molecular flexibility index (Phi) is 6.57. The second-order valence-electron chi connectivity index (χ2n) is 7.95. The first-order chi connectivity index (χ1) is 15.9. The lowest BCUT2D eigenvalue weighted by Crippen LogP contribution is -2.46. The highest BCUT2D eigenvalue weighted by atomic mass is 32.2. The Morgan fingerprint density at radius 1 is 0.970 bits per heavy atom. The van der Waals surface area contributed by atoms with Crippen molar-refractivity contribution >= 4 is 33.2 Å². The Balaban J connectivity index is 1.70. The van der Waals surface area contributed by atoms with Gasteiger partial charge in [0.05, 0.1) is 22.8 Å². The highest BCUT2D eigenvalue weighted by Crippen LogP contribution is 2.32. The summed E-state index contributed by atoms with van der Waals surface area (Å²) in [4.78, 5) is 27.5. The van der Waals surface area contributed by atoms with Crippen LogP contribution in [0.15, 0.2) is 89.8 Å². The van der Waals surface area contributed by atoms with Gasteiger partial charge < -0.3 is 10.2 Å². The number of nitrogens with one attached hydrogen (secondary N) is 1. The molecule has 0 aromatic heterocycles. The van der Waals surface area contributed by atoms with Crippen molar-refractivity contribution in [2.24, 2.45) is 0 Å². The smallest absolute Gasteiger partial charge is 0.243 e. The van der Waals surface area contributed by atoms with Crippen LogP contribution in [0.3, 0.4) is 0 Å². The van der Waals surface area contributed by atoms with E-state index in [9.17, 15) is 18.0 Å². The van der Waals surface area contributed by atoms with E-state index in [0.717, 1.165) is 5.56 Å². The molecule has 170 valence electrons. The summed E-state index contributed by atoms with van der Waals surface area (Å²) >= 11 is 0. The van der Waals surface area contributed by atoms with Crippen LogP contribution in [0.2, 0.25) is 0 Å². The molecule has 0 spiro atoms. The van der Waals surface area contributed by atoms with Crippen molar-refractivity contribution in [3.63, 3.8) is 0 Å². The molecule has 1 atom stereocenters. The van der Waals surface area contributed by atoms with E-state index in [1.165, 1.54) is 21.3 Å². The minimum absolute atomic E-state index is 0.0465. The van der Waals surface area contributed by atoms with Crippen molar-refractivity contribution in [2.75, 3.05) is 16.8 Å². The van der Waals surface area contributed by atoms with Crippen LogP contribution in [-0.4, -0.2) is 37.1 Å². The fourth-order valence-electron chi connectivity index (χ4n) is 3.95. The monoisotopic (exact) mass is 463 g/mol. The number of carbonyl (C=O) groups excluding carboxylic acids is 2. The Bertz CT molecular complexity index is 1250. The maximum absolute atomic E-state index is 13.6. The molecular formula is C25H25N3O4S. The predicted octanol–water partition coefficient (Wildman–Crippen LogP) is 3.64. The van der Waals surface area contributed by atoms with Crippen molar-refractivity contribution in [2.45, 2.75) is 30.8 Å². The number of hydrogen-bond acceptors (Lipinski definition) is 4. The van der Waals surface area contributed by atoms with Crippen LogP contribution < -0.4 is 10.2 Å². The van der Waals surface area contributed by atoms with Crippen molar-refractivity contribution < 1.29 is 18.0 Å². The van der Waals surface area contributed by atoms with Crippen LogP contribution in [-0.2, 0) is 26.2 Å². The van der Waals surface area contributed by atoms with Gasteiger partial charge in [-0.3, -0.25) is 9.59 Å². The number of carbonyl (C=O) groups is 2. The largest absolute Gasteiger partial charge is 0.324 e. The van der Waals surface area contributed by atoms with E-state index in [4.69, 9.17) is 0 Å². The number of sulfonamides is 1. The summed E-state index contributed by atoms with van der Waals surface area (Å²) in [6.45, 7) is 1.47. The standard InChI is InChI=1S/C25H25N3O4S/c1-19-16-24(29)26-22-14-8-9-15-23(22)28(19)25(30)18-27(17-20-10-4-2-5-11-20)33(31,32)21-12-6-3-7-13-21/h2-15,19H,16-18H2,1H3,(H,26,29)/t19-/m0/s1. The van der Waals surface area contributed by atoms with Crippen molar-refractivity contribution in [1.82, 2.24) is 4.31 Å². The number of benzene rings is 3. The molecule has 7 nitrogen and oxygen atoms in total. The van der Waals surface area contributed by atoms with E-state index in [1.807, 2.05) is 30.3 Å². The van der Waals surface area contributed by atoms with E-state index in [-0.39, 0.29) is 30.3 Å². The van der Waals surface area contributed by atoms with Gasteiger partial charge in [-0.05, 0) is 36.8 Å². The van der Waals surface area contributed by atoms with Gasteiger partial charge in [0.25, 0.3) is 0 Å². The third kappa shape index (κ3) is 4.97. The van der Waals surface area contributed by atoms with Crippen LogP contribution in [0.1, 0.15) is 18.9 Å². The fourth-order valence-corrected chi connectivity index (χ4v) is 5.35. The molecule has 0 saturated heterocycles. The van der Waals surface area contributed by atoms with Crippen molar-refractivity contribution in [3.8, 4) is 0 Å². The van der Waals surface area contributed by atoms with Gasteiger partial charge in [-0.1, -0.05) is 60.7 Å². The van der Waals surface area contributed by atoms with Crippen molar-refractivity contribution in [1.29, 1.82) is 0 Å². The molecule has 33 heavy (non-hydrogen) atoms. The number of nitrogens with zero attached hydrogens (tertiary/aromatic N) is 2. The Labute approximate surface area is 193 Å². The Morgan fingerprint density at radius 3 is 2.27 bits per heavy atom. The summed E-state index contributed by atoms with van der Waals surface area (Å²) < 4.78 is 28.2. The van der Waals surface area contributed by atoms with Gasteiger partial charge in [0, 0.05) is 19.0 Å². The van der Waals surface area contributed by atoms with Gasteiger partial charge in [-0.25, -0.2) is 8.42 Å². The summed E-state index contributed by atoms with van der Waals surface area (Å²) in [6.07, 6.45) is 0.116. The first-order valence-electron chi connectivity index (χ1n) is 10.7. The van der Waals surface area contributed by atoms with E-state index in [1.54, 1.807) is 49.4 Å². The van der Waals surface area contributed by atoms with E-state index in [2.05, 4.69) is 5.32 Å². The second kappa shape index (κ2) is 9.56. The zero-order valence-corrected chi connectivity index (χ0v) is 19.0. The molecule has 0 radical (unpaired) electrons. The van der Waals surface area contributed by atoms with Gasteiger partial charge in [0.15, 0.2) is 0 Å². The first kappa shape index (κ1) is 22.7. The Hall–Kier alpha value is -3.49. The van der Waals surface area contributed by atoms with E-state index in [0.29, 0.717) is 11.4 Å². The fraction of sp³-hybridized carbons (Fsp3) is 0.200.